The highest BCUT2D eigenvalue weighted by Gasteiger charge is 2.30. The van der Waals surface area contributed by atoms with Gasteiger partial charge >= 0.3 is 0 Å². The number of nitriles is 1. The predicted octanol–water partition coefficient (Wildman–Crippen LogP) is 2.45. The fourth-order valence-electron chi connectivity index (χ4n) is 3.82. The van der Waals surface area contributed by atoms with Crippen LogP contribution in [0.15, 0.2) is 23.1 Å². The molecule has 8 heteroatoms. The first-order valence-corrected chi connectivity index (χ1v) is 9.07. The molecule has 1 aromatic carbocycles. The van der Waals surface area contributed by atoms with Gasteiger partial charge in [-0.1, -0.05) is 0 Å². The number of pyridine rings is 1. The van der Waals surface area contributed by atoms with Crippen LogP contribution in [0.3, 0.4) is 0 Å². The summed E-state index contributed by atoms with van der Waals surface area (Å²) in [7, 11) is 0. The van der Waals surface area contributed by atoms with E-state index in [-0.39, 0.29) is 38.3 Å². The number of aromatic nitrogens is 1. The Morgan fingerprint density at radius 2 is 2.24 bits per heavy atom. The van der Waals surface area contributed by atoms with Gasteiger partial charge in [0.15, 0.2) is 0 Å². The molecule has 3 N–H and O–H groups in total. The van der Waals surface area contributed by atoms with E-state index in [1.54, 1.807) is 19.2 Å². The Bertz CT molecular complexity index is 1160. The number of nitrogens with zero attached hydrogens (tertiary/aromatic N) is 1. The first-order chi connectivity index (χ1) is 13.9. The summed E-state index contributed by atoms with van der Waals surface area (Å²) in [5, 5.41) is 14.8. The van der Waals surface area contributed by atoms with Gasteiger partial charge < -0.3 is 20.4 Å². The number of ether oxygens (including phenoxy) is 1. The van der Waals surface area contributed by atoms with Crippen molar-refractivity contribution in [3.63, 3.8) is 0 Å². The van der Waals surface area contributed by atoms with Crippen LogP contribution in [0.2, 0.25) is 0 Å². The number of fused-ring (bicyclic) bond motifs is 2. The lowest BCUT2D eigenvalue weighted by Crippen LogP contribution is -2.34. The van der Waals surface area contributed by atoms with E-state index in [0.717, 1.165) is 23.2 Å². The number of amides is 1. The number of carbonyl (C=O) groups excluding carboxylic acids is 1. The minimum Gasteiger partial charge on any atom is -0.491 e. The fraction of sp³-hybridized carbons (Fsp3) is 0.238. The number of hydrogen-bond acceptors (Lipinski definition) is 5. The summed E-state index contributed by atoms with van der Waals surface area (Å²) in [6, 6.07) is 4.63. The van der Waals surface area contributed by atoms with Crippen molar-refractivity contribution in [3.8, 4) is 11.8 Å². The fourth-order valence-corrected chi connectivity index (χ4v) is 3.82. The summed E-state index contributed by atoms with van der Waals surface area (Å²) in [4.78, 5) is 27.9. The van der Waals surface area contributed by atoms with Crippen molar-refractivity contribution in [2.24, 2.45) is 0 Å². The molecular weight excluding hydrogens is 375 g/mol. The van der Waals surface area contributed by atoms with Crippen molar-refractivity contribution < 1.29 is 16.8 Å². The zero-order valence-corrected chi connectivity index (χ0v) is 15.9. The van der Waals surface area contributed by atoms with Crippen molar-refractivity contribution in [1.82, 2.24) is 15.6 Å². The molecule has 1 radical (unpaired) electrons. The number of rotatable bonds is 3. The Balaban J connectivity index is 0.00000171. The van der Waals surface area contributed by atoms with Crippen LogP contribution in [0.1, 0.15) is 49.3 Å². The van der Waals surface area contributed by atoms with E-state index in [1.807, 2.05) is 13.0 Å². The third kappa shape index (κ3) is 3.25. The summed E-state index contributed by atoms with van der Waals surface area (Å²) in [6.07, 6.45) is 3.37. The molecule has 7 nitrogen and oxygen atoms in total. The van der Waals surface area contributed by atoms with Crippen molar-refractivity contribution in [3.05, 3.63) is 74.1 Å². The van der Waals surface area contributed by atoms with Crippen LogP contribution < -0.4 is 20.9 Å². The van der Waals surface area contributed by atoms with Crippen LogP contribution in [0, 0.1) is 30.1 Å². The van der Waals surface area contributed by atoms with Crippen LogP contribution in [-0.2, 0) is 11.2 Å². The standard InChI is InChI=1S/C21H18FN4O3.2H2/c1-10-13(21(28)26-15-3-4-24-11(2)19(10)15)7-18(27)25-16-9-29-17-6-12(8-23)5-14(22)20(16)17;;/h3-6,16,24H,7,9H2,1-2H3,(H,25,27)(H,26,28);2*1H/t16-;;/m0../s1. The molecule has 2 aromatic rings. The maximum atomic E-state index is 14.4. The quantitative estimate of drug-likeness (QED) is 0.738. The topological polar surface area (TPSA) is 107 Å². The number of aromatic amines is 1. The SMILES string of the molecule is C[C]1NC=Cc2[nH]c(=O)c(CC(=O)N[C@H]3COc4cc(C#N)cc(F)c43)c(C)c21.[HH].[HH]. The molecule has 0 fully saturated rings. The zero-order valence-electron chi connectivity index (χ0n) is 15.9. The van der Waals surface area contributed by atoms with Crippen LogP contribution >= 0.6 is 0 Å². The molecule has 2 aliphatic rings. The molecule has 4 rings (SSSR count). The highest BCUT2D eigenvalue weighted by atomic mass is 19.1. The Morgan fingerprint density at radius 1 is 1.45 bits per heavy atom. The molecule has 0 unspecified atom stereocenters. The molecule has 0 spiro atoms. The van der Waals surface area contributed by atoms with Gasteiger partial charge in [-0.2, -0.15) is 5.26 Å². The van der Waals surface area contributed by atoms with Gasteiger partial charge in [0.2, 0.25) is 5.91 Å². The van der Waals surface area contributed by atoms with E-state index in [1.165, 1.54) is 6.07 Å². The second-order valence-corrected chi connectivity index (χ2v) is 7.04. The van der Waals surface area contributed by atoms with Crippen molar-refractivity contribution >= 4 is 12.0 Å². The van der Waals surface area contributed by atoms with Gasteiger partial charge in [0.1, 0.15) is 18.2 Å². The van der Waals surface area contributed by atoms with Gasteiger partial charge in [-0.25, -0.2) is 4.39 Å². The second-order valence-electron chi connectivity index (χ2n) is 7.04. The predicted molar refractivity (Wildman–Crippen MR) is 107 cm³/mol. The number of halogens is 1. The second kappa shape index (κ2) is 7.09. The molecule has 0 saturated carbocycles. The normalized spacial score (nSPS) is 17.0. The number of nitrogens with one attached hydrogen (secondary N) is 3. The summed E-state index contributed by atoms with van der Waals surface area (Å²) in [5.41, 5.74) is 2.67. The maximum absolute atomic E-state index is 14.4. The molecule has 0 bridgehead atoms. The lowest BCUT2D eigenvalue weighted by Gasteiger charge is -2.22. The summed E-state index contributed by atoms with van der Waals surface area (Å²) in [5.74, 6) is -0.772. The van der Waals surface area contributed by atoms with Crippen LogP contribution in [0.4, 0.5) is 4.39 Å². The molecule has 29 heavy (non-hydrogen) atoms. The molecule has 3 heterocycles. The molecule has 0 aliphatic carbocycles. The van der Waals surface area contributed by atoms with E-state index in [9.17, 15) is 14.0 Å². The maximum Gasteiger partial charge on any atom is 0.252 e. The van der Waals surface area contributed by atoms with Crippen LogP contribution in [0.5, 0.6) is 5.75 Å². The van der Waals surface area contributed by atoms with Crippen molar-refractivity contribution in [2.45, 2.75) is 26.3 Å². The molecule has 1 amide bonds. The number of H-pyrrole nitrogens is 1. The van der Waals surface area contributed by atoms with Gasteiger partial charge in [-0.3, -0.25) is 9.59 Å². The Kier molecular flexibility index (Phi) is 4.59. The Labute approximate surface area is 169 Å². The van der Waals surface area contributed by atoms with Gasteiger partial charge in [-0.15, -0.1) is 0 Å². The molecular formula is C21H22FN4O3. The van der Waals surface area contributed by atoms with E-state index in [2.05, 4.69) is 15.6 Å². The first-order valence-electron chi connectivity index (χ1n) is 9.07. The number of hydrogen-bond donors (Lipinski definition) is 3. The van der Waals surface area contributed by atoms with Gasteiger partial charge in [-0.05, 0) is 43.8 Å². The highest BCUT2D eigenvalue weighted by molar-refractivity contribution is 5.80. The molecule has 2 aliphatic heterocycles. The molecule has 0 saturated heterocycles. The monoisotopic (exact) mass is 397 g/mol. The minimum absolute atomic E-state index is 0. The Morgan fingerprint density at radius 3 is 3.00 bits per heavy atom. The smallest absolute Gasteiger partial charge is 0.252 e. The van der Waals surface area contributed by atoms with Gasteiger partial charge in [0.25, 0.3) is 5.56 Å². The van der Waals surface area contributed by atoms with Crippen molar-refractivity contribution in [1.29, 1.82) is 5.26 Å². The summed E-state index contributed by atoms with van der Waals surface area (Å²) in [6.45, 7) is 3.76. The largest absolute Gasteiger partial charge is 0.491 e. The summed E-state index contributed by atoms with van der Waals surface area (Å²) >= 11 is 0. The van der Waals surface area contributed by atoms with E-state index in [0.29, 0.717) is 11.3 Å². The number of carbonyl (C=O) groups is 1. The van der Waals surface area contributed by atoms with Crippen LogP contribution in [0.25, 0.3) is 6.08 Å². The van der Waals surface area contributed by atoms with E-state index in [4.69, 9.17) is 10.00 Å². The molecule has 1 atom stereocenters. The minimum atomic E-state index is -0.680. The molecule has 1 aromatic heterocycles. The first kappa shape index (κ1) is 18.7. The third-order valence-electron chi connectivity index (χ3n) is 5.19. The van der Waals surface area contributed by atoms with Gasteiger partial charge in [0, 0.05) is 19.7 Å². The van der Waals surface area contributed by atoms with Gasteiger partial charge in [0.05, 0.1) is 35.7 Å². The van der Waals surface area contributed by atoms with Crippen LogP contribution in [-0.4, -0.2) is 17.5 Å². The average Bonchev–Trinajstić information content (AvgIpc) is 3.08. The third-order valence-corrected chi connectivity index (χ3v) is 5.19. The molecule has 151 valence electrons. The lowest BCUT2D eigenvalue weighted by molar-refractivity contribution is -0.121. The average molecular weight is 397 g/mol. The lowest BCUT2D eigenvalue weighted by atomic mass is 9.93. The zero-order chi connectivity index (χ0) is 20.7. The highest BCUT2D eigenvalue weighted by Crippen LogP contribution is 2.35. The van der Waals surface area contributed by atoms with Crippen molar-refractivity contribution in [2.75, 3.05) is 6.61 Å². The number of benzene rings is 1. The summed E-state index contributed by atoms with van der Waals surface area (Å²) < 4.78 is 19.8. The van der Waals surface area contributed by atoms with E-state index >= 15 is 0 Å². The Hall–Kier alpha value is -3.60. The van der Waals surface area contributed by atoms with E-state index < -0.39 is 17.8 Å².